The van der Waals surface area contributed by atoms with Crippen molar-refractivity contribution in [3.8, 4) is 55.6 Å². The molecule has 0 aliphatic heterocycles. The van der Waals surface area contributed by atoms with Gasteiger partial charge in [-0.25, -0.2) is 0 Å². The minimum Gasteiger partial charge on any atom is -0.310 e. The van der Waals surface area contributed by atoms with Gasteiger partial charge in [-0.1, -0.05) is 231 Å². The smallest absolute Gasteiger partial charge is 0.0725 e. The predicted molar refractivity (Wildman–Crippen MR) is 306 cm³/mol. The topological polar surface area (TPSA) is 6.48 Å². The van der Waals surface area contributed by atoms with E-state index in [-0.39, 0.29) is 0 Å². The van der Waals surface area contributed by atoms with Crippen LogP contribution in [0.4, 0.5) is 34.1 Å². The molecule has 2 aliphatic carbocycles. The molecule has 12 aromatic carbocycles. The molecule has 0 saturated carbocycles. The summed E-state index contributed by atoms with van der Waals surface area (Å²) in [6.45, 7) is 0. The molecule has 0 radical (unpaired) electrons. The molecule has 0 heterocycles. The van der Waals surface area contributed by atoms with Crippen LogP contribution in [0.5, 0.6) is 0 Å². The van der Waals surface area contributed by atoms with Crippen LogP contribution >= 0.6 is 0 Å². The number of para-hydroxylation sites is 2. The number of anilines is 6. The zero-order valence-electron chi connectivity index (χ0n) is 40.1. The van der Waals surface area contributed by atoms with E-state index in [1.807, 2.05) is 0 Å². The highest BCUT2D eigenvalue weighted by atomic mass is 15.2. The van der Waals surface area contributed by atoms with Crippen LogP contribution in [0.15, 0.2) is 291 Å². The maximum absolute atomic E-state index is 2.46. The Morgan fingerprint density at radius 2 is 0.658 bits per heavy atom. The molecule has 2 nitrogen and oxygen atoms in total. The number of fused-ring (bicyclic) bond motifs is 12. The summed E-state index contributed by atoms with van der Waals surface area (Å²) < 4.78 is 0. The molecule has 342 valence electrons. The Balaban J connectivity index is 1.06. The minimum atomic E-state index is -0.513. The zero-order valence-corrected chi connectivity index (χ0v) is 40.1. The van der Waals surface area contributed by atoms with Crippen LogP contribution in [0, 0.1) is 0 Å². The van der Waals surface area contributed by atoms with Crippen LogP contribution in [0.2, 0.25) is 0 Å². The maximum atomic E-state index is 2.46. The number of nitrogens with zero attached hydrogens (tertiary/aromatic N) is 2. The molecule has 0 fully saturated rings. The Kier molecular flexibility index (Phi) is 10.1. The van der Waals surface area contributed by atoms with Gasteiger partial charge in [-0.2, -0.15) is 0 Å². The van der Waals surface area contributed by atoms with Crippen LogP contribution in [0.25, 0.3) is 66.4 Å². The predicted octanol–water partition coefficient (Wildman–Crippen LogP) is 19.1. The molecule has 0 atom stereocenters. The Bertz CT molecular complexity index is 3950. The first-order chi connectivity index (χ1) is 36.2. The second-order valence-electron chi connectivity index (χ2n) is 19.1. The van der Waals surface area contributed by atoms with Gasteiger partial charge in [0.25, 0.3) is 0 Å². The normalized spacial score (nSPS) is 12.5. The molecular weight excluding hydrogens is 881 g/mol. The van der Waals surface area contributed by atoms with E-state index < -0.39 is 5.41 Å². The lowest BCUT2D eigenvalue weighted by molar-refractivity contribution is 0.794. The van der Waals surface area contributed by atoms with Gasteiger partial charge in [0, 0.05) is 34.0 Å². The van der Waals surface area contributed by atoms with Crippen molar-refractivity contribution in [1.29, 1.82) is 0 Å². The zero-order chi connectivity index (χ0) is 48.3. The van der Waals surface area contributed by atoms with E-state index in [1.165, 1.54) is 83.1 Å². The summed E-state index contributed by atoms with van der Waals surface area (Å²) in [4.78, 5) is 4.85. The van der Waals surface area contributed by atoms with Crippen molar-refractivity contribution in [3.05, 3.63) is 313 Å². The fourth-order valence-electron chi connectivity index (χ4n) is 12.1. The molecule has 0 bridgehead atoms. The van der Waals surface area contributed by atoms with Crippen LogP contribution in [0.3, 0.4) is 0 Å². The molecule has 0 amide bonds. The van der Waals surface area contributed by atoms with Crippen LogP contribution in [-0.2, 0) is 5.41 Å². The largest absolute Gasteiger partial charge is 0.310 e. The molecule has 14 rings (SSSR count). The van der Waals surface area contributed by atoms with Gasteiger partial charge in [0.2, 0.25) is 0 Å². The summed E-state index contributed by atoms with van der Waals surface area (Å²) in [6, 6.07) is 107. The van der Waals surface area contributed by atoms with E-state index in [0.717, 1.165) is 39.7 Å². The average Bonchev–Trinajstić information content (AvgIpc) is 3.97. The highest BCUT2D eigenvalue weighted by Gasteiger charge is 2.52. The summed E-state index contributed by atoms with van der Waals surface area (Å²) in [5.74, 6) is 0. The number of benzene rings is 12. The molecular formula is C71H48N2. The first-order valence-electron chi connectivity index (χ1n) is 25.3. The van der Waals surface area contributed by atoms with Crippen molar-refractivity contribution < 1.29 is 0 Å². The molecule has 0 aromatic heterocycles. The third kappa shape index (κ3) is 6.79. The number of hydrogen-bond donors (Lipinski definition) is 0. The van der Waals surface area contributed by atoms with Crippen molar-refractivity contribution in [2.24, 2.45) is 0 Å². The van der Waals surface area contributed by atoms with Gasteiger partial charge in [-0.15, -0.1) is 0 Å². The van der Waals surface area contributed by atoms with Crippen molar-refractivity contribution in [2.75, 3.05) is 9.80 Å². The van der Waals surface area contributed by atoms with Crippen LogP contribution < -0.4 is 9.80 Å². The van der Waals surface area contributed by atoms with Gasteiger partial charge in [-0.05, 0) is 144 Å². The van der Waals surface area contributed by atoms with Crippen molar-refractivity contribution >= 4 is 44.9 Å². The van der Waals surface area contributed by atoms with Crippen molar-refractivity contribution in [1.82, 2.24) is 0 Å². The van der Waals surface area contributed by atoms with E-state index in [9.17, 15) is 0 Å². The second-order valence-corrected chi connectivity index (χ2v) is 19.1. The van der Waals surface area contributed by atoms with Crippen molar-refractivity contribution in [2.45, 2.75) is 5.41 Å². The Hall–Kier alpha value is -9.50. The maximum Gasteiger partial charge on any atom is 0.0725 e. The molecule has 0 unspecified atom stereocenters. The first-order valence-corrected chi connectivity index (χ1v) is 25.3. The third-order valence-corrected chi connectivity index (χ3v) is 15.3. The lowest BCUT2D eigenvalue weighted by Gasteiger charge is -2.32. The molecule has 2 aliphatic rings. The van der Waals surface area contributed by atoms with E-state index in [0.29, 0.717) is 0 Å². The average molecular weight is 929 g/mol. The van der Waals surface area contributed by atoms with E-state index >= 15 is 0 Å². The van der Waals surface area contributed by atoms with Gasteiger partial charge in [0.1, 0.15) is 0 Å². The molecule has 0 saturated heterocycles. The highest BCUT2D eigenvalue weighted by Crippen LogP contribution is 2.65. The Labute approximate surface area is 427 Å². The van der Waals surface area contributed by atoms with Crippen molar-refractivity contribution in [3.63, 3.8) is 0 Å². The molecule has 73 heavy (non-hydrogen) atoms. The van der Waals surface area contributed by atoms with Gasteiger partial charge in [0.15, 0.2) is 0 Å². The quantitative estimate of drug-likeness (QED) is 0.142. The lowest BCUT2D eigenvalue weighted by atomic mass is 9.70. The summed E-state index contributed by atoms with van der Waals surface area (Å²) in [7, 11) is 0. The highest BCUT2D eigenvalue weighted by molar-refractivity contribution is 6.11. The third-order valence-electron chi connectivity index (χ3n) is 15.3. The summed E-state index contributed by atoms with van der Waals surface area (Å²) in [5.41, 5.74) is 23.4. The van der Waals surface area contributed by atoms with Crippen LogP contribution in [-0.4, -0.2) is 0 Å². The van der Waals surface area contributed by atoms with E-state index in [2.05, 4.69) is 301 Å². The van der Waals surface area contributed by atoms with Gasteiger partial charge >= 0.3 is 0 Å². The fourth-order valence-corrected chi connectivity index (χ4v) is 12.1. The van der Waals surface area contributed by atoms with Gasteiger partial charge in [-0.3, -0.25) is 0 Å². The Morgan fingerprint density at radius 1 is 0.233 bits per heavy atom. The minimum absolute atomic E-state index is 0.513. The Morgan fingerprint density at radius 3 is 1.26 bits per heavy atom. The SMILES string of the molecule is c1ccc(-c2ccc(N(c3ccccc3)c3ccc(-c4cccc5c4-c4c(ccc6ccccc46)C54c5ccccc5-c5ccccc54)c(N(c4ccccc4)c4ccc(-c5ccccc5)cc4)c3)cc2)cc1. The number of hydrogen-bond acceptors (Lipinski definition) is 2. The summed E-state index contributed by atoms with van der Waals surface area (Å²) in [6.07, 6.45) is 0. The van der Waals surface area contributed by atoms with Gasteiger partial charge in [0.05, 0.1) is 11.1 Å². The summed E-state index contributed by atoms with van der Waals surface area (Å²) >= 11 is 0. The van der Waals surface area contributed by atoms with Crippen LogP contribution in [0.1, 0.15) is 22.3 Å². The summed E-state index contributed by atoms with van der Waals surface area (Å²) in [5, 5.41) is 2.49. The number of rotatable bonds is 9. The van der Waals surface area contributed by atoms with E-state index in [1.54, 1.807) is 0 Å². The molecule has 0 N–H and O–H groups in total. The molecule has 12 aromatic rings. The van der Waals surface area contributed by atoms with E-state index in [4.69, 9.17) is 0 Å². The molecule has 1 spiro atoms. The monoisotopic (exact) mass is 928 g/mol. The fraction of sp³-hybridized carbons (Fsp3) is 0.0141. The first kappa shape index (κ1) is 42.4. The molecule has 2 heteroatoms. The lowest BCUT2D eigenvalue weighted by Crippen LogP contribution is -2.25. The second kappa shape index (κ2) is 17.4. The van der Waals surface area contributed by atoms with Gasteiger partial charge < -0.3 is 9.80 Å². The standard InChI is InChI=1S/C71H48N2/c1-5-20-49(21-6-1)51-36-41-56(42-37-51)72(54-25-9-3-10-26-54)58-45-46-62(68(48-58)73(55-27-11-4-12-28-55)57-43-38-52(39-44-57)50-22-7-2-8-23-50)63-32-19-35-66-70(63)69-59-29-14-13-24-53(59)40-47-67(69)71(66)64-33-17-15-30-60(64)61-31-16-18-34-65(61)71/h1-48H.